The van der Waals surface area contributed by atoms with Crippen LogP contribution in [0.15, 0.2) is 34.8 Å². The van der Waals surface area contributed by atoms with Crippen molar-refractivity contribution in [2.45, 2.75) is 19.4 Å². The summed E-state index contributed by atoms with van der Waals surface area (Å²) in [6.07, 6.45) is 4.68. The molecule has 0 saturated heterocycles. The van der Waals surface area contributed by atoms with Gasteiger partial charge in [0.25, 0.3) is 0 Å². The molecule has 3 aromatic rings. The highest BCUT2D eigenvalue weighted by molar-refractivity contribution is 7.92. The zero-order valence-electron chi connectivity index (χ0n) is 14.3. The number of hydrogen-bond acceptors (Lipinski definition) is 6. The fourth-order valence-corrected chi connectivity index (χ4v) is 3.14. The van der Waals surface area contributed by atoms with Gasteiger partial charge in [-0.1, -0.05) is 6.07 Å². The number of aromatic nitrogens is 4. The Labute approximate surface area is 150 Å². The molecular weight excluding hydrogens is 362 g/mol. The third kappa shape index (κ3) is 3.81. The van der Waals surface area contributed by atoms with Gasteiger partial charge in [0.1, 0.15) is 5.82 Å². The lowest BCUT2D eigenvalue weighted by Crippen LogP contribution is -2.20. The lowest BCUT2D eigenvalue weighted by atomic mass is 10.1. The molecule has 0 amide bonds. The second-order valence-electron chi connectivity index (χ2n) is 6.47. The van der Waals surface area contributed by atoms with E-state index in [-0.39, 0.29) is 5.28 Å². The second-order valence-corrected chi connectivity index (χ2v) is 9.35. The third-order valence-electron chi connectivity index (χ3n) is 3.40. The summed E-state index contributed by atoms with van der Waals surface area (Å²) in [5.74, 6) is 0.836. The first kappa shape index (κ1) is 17.8. The van der Waals surface area contributed by atoms with Gasteiger partial charge in [-0.05, 0) is 43.6 Å². The number of rotatable bonds is 3. The highest BCUT2D eigenvalue weighted by Crippen LogP contribution is 2.30. The van der Waals surface area contributed by atoms with E-state index in [2.05, 4.69) is 19.3 Å². The Hall–Kier alpha value is -2.03. The topological polar surface area (TPSA) is 93.3 Å². The minimum absolute atomic E-state index is 0.0973. The Morgan fingerprint density at radius 2 is 2.00 bits per heavy atom. The monoisotopic (exact) mass is 379 g/mol. The van der Waals surface area contributed by atoms with Crippen LogP contribution < -0.4 is 0 Å². The average Bonchev–Trinajstić information content (AvgIpc) is 2.84. The van der Waals surface area contributed by atoms with Gasteiger partial charge >= 0.3 is 0 Å². The summed E-state index contributed by atoms with van der Waals surface area (Å²) in [6, 6.07) is 6.99. The Morgan fingerprint density at radius 3 is 2.64 bits per heavy atom. The number of pyridine rings is 1. The zero-order chi connectivity index (χ0) is 18.4. The van der Waals surface area contributed by atoms with Gasteiger partial charge in [0.05, 0.1) is 11.3 Å². The molecular formula is C16H18ClN5O2S. The molecule has 0 atom stereocenters. The smallest absolute Gasteiger partial charge is 0.224 e. The highest BCUT2D eigenvalue weighted by Gasteiger charge is 2.25. The molecule has 0 fully saturated rings. The maximum absolute atomic E-state index is 11.9. The molecule has 1 N–H and O–H groups in total. The first-order valence-electron chi connectivity index (χ1n) is 7.46. The van der Waals surface area contributed by atoms with Gasteiger partial charge in [-0.3, -0.25) is 4.57 Å². The van der Waals surface area contributed by atoms with Crippen molar-refractivity contribution in [1.29, 1.82) is 0 Å². The number of hydrogen-bond donors (Lipinski definition) is 1. The van der Waals surface area contributed by atoms with Crippen molar-refractivity contribution in [2.75, 3.05) is 12.5 Å². The summed E-state index contributed by atoms with van der Waals surface area (Å²) in [5.41, 5.74) is -0.0432. The minimum atomic E-state index is -2.34. The Bertz CT molecular complexity index is 1070. The van der Waals surface area contributed by atoms with Gasteiger partial charge < -0.3 is 5.11 Å². The van der Waals surface area contributed by atoms with E-state index in [0.29, 0.717) is 23.0 Å². The van der Waals surface area contributed by atoms with E-state index in [9.17, 15) is 9.32 Å². The molecule has 25 heavy (non-hydrogen) atoms. The van der Waals surface area contributed by atoms with Crippen molar-refractivity contribution in [3.8, 4) is 5.82 Å². The maximum Gasteiger partial charge on any atom is 0.224 e. The lowest BCUT2D eigenvalue weighted by Gasteiger charge is -2.20. The van der Waals surface area contributed by atoms with Crippen LogP contribution in [0.25, 0.3) is 16.9 Å². The van der Waals surface area contributed by atoms with Gasteiger partial charge in [0.15, 0.2) is 11.5 Å². The molecule has 132 valence electrons. The summed E-state index contributed by atoms with van der Waals surface area (Å²) in [5, 5.41) is 11.4. The fourth-order valence-electron chi connectivity index (χ4n) is 2.46. The number of fused-ring (bicyclic) bond motifs is 1. The van der Waals surface area contributed by atoms with E-state index < -0.39 is 15.3 Å². The van der Waals surface area contributed by atoms with Crippen LogP contribution in [-0.4, -0.2) is 41.3 Å². The third-order valence-corrected chi connectivity index (χ3v) is 4.21. The Balaban J connectivity index is 2.33. The minimum Gasteiger partial charge on any atom is -0.384 e. The maximum atomic E-state index is 11.9. The summed E-state index contributed by atoms with van der Waals surface area (Å²) >= 11 is 5.95. The van der Waals surface area contributed by atoms with Crippen LogP contribution in [0.1, 0.15) is 19.5 Å². The SMILES string of the molecule is CC(C)(O)c1cc2cnc(Cl)nc2n1-c1cccc(N=S(C)(C)=O)n1. The first-order chi connectivity index (χ1) is 11.5. The quantitative estimate of drug-likeness (QED) is 0.706. The molecule has 0 spiro atoms. The van der Waals surface area contributed by atoms with Crippen molar-refractivity contribution >= 4 is 38.2 Å². The molecule has 7 nitrogen and oxygen atoms in total. The zero-order valence-corrected chi connectivity index (χ0v) is 15.8. The number of nitrogens with zero attached hydrogens (tertiary/aromatic N) is 5. The standard InChI is InChI=1S/C16H18ClN5O2S/c1-16(2,23)11-8-10-9-18-15(17)20-14(10)22(11)13-7-5-6-12(19-13)21-25(3,4)24/h5-9,23H,1-4H3. The van der Waals surface area contributed by atoms with Crippen molar-refractivity contribution in [3.05, 3.63) is 41.4 Å². The Kier molecular flexibility index (Phi) is 4.30. The lowest BCUT2D eigenvalue weighted by molar-refractivity contribution is 0.0723. The number of aliphatic hydroxyl groups is 1. The van der Waals surface area contributed by atoms with E-state index >= 15 is 0 Å². The molecule has 0 aliphatic rings. The van der Waals surface area contributed by atoms with Crippen molar-refractivity contribution in [1.82, 2.24) is 19.5 Å². The second kappa shape index (κ2) is 6.05. The molecule has 3 rings (SSSR count). The van der Waals surface area contributed by atoms with Crippen LogP contribution in [0, 0.1) is 0 Å². The molecule has 0 radical (unpaired) electrons. The molecule has 0 saturated carbocycles. The van der Waals surface area contributed by atoms with Crippen molar-refractivity contribution in [2.24, 2.45) is 4.36 Å². The van der Waals surface area contributed by atoms with Crippen LogP contribution in [0.4, 0.5) is 5.82 Å². The molecule has 0 aliphatic heterocycles. The summed E-state index contributed by atoms with van der Waals surface area (Å²) in [4.78, 5) is 12.7. The molecule has 9 heteroatoms. The van der Waals surface area contributed by atoms with Crippen LogP contribution in [0.5, 0.6) is 0 Å². The fraction of sp³-hybridized carbons (Fsp3) is 0.312. The van der Waals surface area contributed by atoms with Gasteiger partial charge in [-0.25, -0.2) is 14.2 Å². The molecule has 0 aromatic carbocycles. The van der Waals surface area contributed by atoms with E-state index in [4.69, 9.17) is 11.6 Å². The molecule has 0 bridgehead atoms. The van der Waals surface area contributed by atoms with Gasteiger partial charge in [-0.15, -0.1) is 0 Å². The van der Waals surface area contributed by atoms with Crippen LogP contribution in [0.3, 0.4) is 0 Å². The van der Waals surface area contributed by atoms with Gasteiger partial charge in [0.2, 0.25) is 5.28 Å². The normalized spacial score (nSPS) is 12.6. The summed E-state index contributed by atoms with van der Waals surface area (Å²) in [7, 11) is -2.34. The first-order valence-corrected chi connectivity index (χ1v) is 10.2. The van der Waals surface area contributed by atoms with E-state index in [0.717, 1.165) is 5.39 Å². The number of halogens is 1. The van der Waals surface area contributed by atoms with Gasteiger partial charge in [0, 0.05) is 33.8 Å². The molecule has 3 heterocycles. The molecule has 3 aromatic heterocycles. The molecule has 0 aliphatic carbocycles. The van der Waals surface area contributed by atoms with Crippen LogP contribution in [0.2, 0.25) is 5.28 Å². The van der Waals surface area contributed by atoms with Crippen LogP contribution in [-0.2, 0) is 15.3 Å². The van der Waals surface area contributed by atoms with Crippen molar-refractivity contribution < 1.29 is 9.32 Å². The molecule has 0 unspecified atom stereocenters. The van der Waals surface area contributed by atoms with Crippen LogP contribution >= 0.6 is 11.6 Å². The predicted octanol–water partition coefficient (Wildman–Crippen LogP) is 3.06. The largest absolute Gasteiger partial charge is 0.384 e. The summed E-state index contributed by atoms with van der Waals surface area (Å²) in [6.45, 7) is 3.34. The summed E-state index contributed by atoms with van der Waals surface area (Å²) < 4.78 is 17.8. The predicted molar refractivity (Wildman–Crippen MR) is 99.0 cm³/mol. The van der Waals surface area contributed by atoms with E-state index in [1.165, 1.54) is 0 Å². The van der Waals surface area contributed by atoms with Crippen molar-refractivity contribution in [3.63, 3.8) is 0 Å². The van der Waals surface area contributed by atoms with Gasteiger partial charge in [-0.2, -0.15) is 9.35 Å². The van der Waals surface area contributed by atoms with E-state index in [1.807, 2.05) is 0 Å². The Morgan fingerprint density at radius 1 is 1.28 bits per heavy atom. The average molecular weight is 380 g/mol. The highest BCUT2D eigenvalue weighted by atomic mass is 35.5. The van der Waals surface area contributed by atoms with E-state index in [1.54, 1.807) is 61.4 Å².